The van der Waals surface area contributed by atoms with Crippen LogP contribution in [-0.2, 0) is 6.54 Å². The van der Waals surface area contributed by atoms with Gasteiger partial charge in [-0.25, -0.2) is 0 Å². The molecule has 3 aromatic carbocycles. The van der Waals surface area contributed by atoms with E-state index in [1.807, 2.05) is 90.7 Å². The highest BCUT2D eigenvalue weighted by Crippen LogP contribution is 2.35. The number of ether oxygens (including phenoxy) is 1. The zero-order valence-electron chi connectivity index (χ0n) is 15.3. The van der Waals surface area contributed by atoms with Gasteiger partial charge in [0.15, 0.2) is 0 Å². The van der Waals surface area contributed by atoms with E-state index in [-0.39, 0.29) is 12.1 Å². The predicted octanol–water partition coefficient (Wildman–Crippen LogP) is 4.85. The Labute approximate surface area is 159 Å². The largest absolute Gasteiger partial charge is 0.494 e. The number of hydrogen-bond acceptors (Lipinski definition) is 3. The van der Waals surface area contributed by atoms with Gasteiger partial charge in [-0.1, -0.05) is 54.6 Å². The molecule has 1 aliphatic heterocycles. The number of nitrogens with zero attached hydrogens (tertiary/aromatic N) is 1. The van der Waals surface area contributed by atoms with Gasteiger partial charge in [-0.2, -0.15) is 0 Å². The summed E-state index contributed by atoms with van der Waals surface area (Å²) in [7, 11) is 0. The molecule has 4 nitrogen and oxygen atoms in total. The second-order valence-electron chi connectivity index (χ2n) is 6.52. The summed E-state index contributed by atoms with van der Waals surface area (Å²) in [5.74, 6) is 0.836. The van der Waals surface area contributed by atoms with E-state index in [0.717, 1.165) is 22.6 Å². The maximum Gasteiger partial charge on any atom is 0.258 e. The topological polar surface area (TPSA) is 41.6 Å². The molecule has 1 heterocycles. The van der Waals surface area contributed by atoms with Gasteiger partial charge in [0.2, 0.25) is 0 Å². The number of amides is 1. The van der Waals surface area contributed by atoms with Crippen molar-refractivity contribution in [1.82, 2.24) is 4.90 Å². The molecule has 4 heteroatoms. The molecule has 0 saturated carbocycles. The fourth-order valence-electron chi connectivity index (χ4n) is 3.44. The molecule has 27 heavy (non-hydrogen) atoms. The van der Waals surface area contributed by atoms with Crippen molar-refractivity contribution in [3.05, 3.63) is 95.6 Å². The summed E-state index contributed by atoms with van der Waals surface area (Å²) >= 11 is 0. The lowest BCUT2D eigenvalue weighted by atomic mass is 10.0. The van der Waals surface area contributed by atoms with Crippen LogP contribution in [0, 0.1) is 0 Å². The maximum atomic E-state index is 13.3. The first-order valence-corrected chi connectivity index (χ1v) is 9.19. The fraction of sp³-hybridized carbons (Fsp3) is 0.174. The van der Waals surface area contributed by atoms with Crippen molar-refractivity contribution < 1.29 is 9.53 Å². The first kappa shape index (κ1) is 17.2. The van der Waals surface area contributed by atoms with Gasteiger partial charge < -0.3 is 15.0 Å². The third-order valence-corrected chi connectivity index (χ3v) is 4.70. The lowest BCUT2D eigenvalue weighted by Crippen LogP contribution is -2.42. The molecule has 0 saturated heterocycles. The summed E-state index contributed by atoms with van der Waals surface area (Å²) in [5.41, 5.74) is 3.65. The zero-order valence-corrected chi connectivity index (χ0v) is 15.3. The number of rotatable bonds is 5. The highest BCUT2D eigenvalue weighted by molar-refractivity contribution is 6.01. The Hall–Kier alpha value is -3.27. The fourth-order valence-corrected chi connectivity index (χ4v) is 3.44. The van der Waals surface area contributed by atoms with Gasteiger partial charge in [-0.15, -0.1) is 0 Å². The van der Waals surface area contributed by atoms with E-state index in [2.05, 4.69) is 5.32 Å². The second-order valence-corrected chi connectivity index (χ2v) is 6.52. The van der Waals surface area contributed by atoms with Crippen LogP contribution in [0.3, 0.4) is 0 Å². The van der Waals surface area contributed by atoms with Gasteiger partial charge in [-0.05, 0) is 42.3 Å². The quantitative estimate of drug-likeness (QED) is 0.709. The van der Waals surface area contributed by atoms with Crippen molar-refractivity contribution in [3.63, 3.8) is 0 Å². The first-order chi connectivity index (χ1) is 13.3. The van der Waals surface area contributed by atoms with Crippen LogP contribution < -0.4 is 10.1 Å². The van der Waals surface area contributed by atoms with E-state index in [9.17, 15) is 4.79 Å². The van der Waals surface area contributed by atoms with Crippen molar-refractivity contribution in [1.29, 1.82) is 0 Å². The average molecular weight is 358 g/mol. The van der Waals surface area contributed by atoms with Crippen LogP contribution in [0.1, 0.15) is 34.6 Å². The smallest absolute Gasteiger partial charge is 0.258 e. The molecule has 3 aromatic rings. The third-order valence-electron chi connectivity index (χ3n) is 4.70. The molecule has 0 bridgehead atoms. The molecule has 1 N–H and O–H groups in total. The number of nitrogens with one attached hydrogen (secondary N) is 1. The molecule has 1 amide bonds. The monoisotopic (exact) mass is 358 g/mol. The molecule has 4 rings (SSSR count). The van der Waals surface area contributed by atoms with Crippen molar-refractivity contribution in [2.75, 3.05) is 11.9 Å². The van der Waals surface area contributed by atoms with E-state index in [1.165, 1.54) is 0 Å². The Morgan fingerprint density at radius 1 is 0.963 bits per heavy atom. The number of anilines is 1. The summed E-state index contributed by atoms with van der Waals surface area (Å²) < 4.78 is 5.66. The minimum atomic E-state index is -0.256. The molecular weight excluding hydrogens is 336 g/mol. The summed E-state index contributed by atoms with van der Waals surface area (Å²) in [4.78, 5) is 15.1. The standard InChI is InChI=1S/C23H22N2O2/c1-2-27-19-12-8-11-18(15-19)22-24-21-14-7-6-13-20(21)23(26)25(22)16-17-9-4-3-5-10-17/h3-15,22,24H,2,16H2,1H3. The molecular formula is C23H22N2O2. The van der Waals surface area contributed by atoms with Gasteiger partial charge in [0.05, 0.1) is 12.2 Å². The van der Waals surface area contributed by atoms with Crippen LogP contribution in [-0.4, -0.2) is 17.4 Å². The van der Waals surface area contributed by atoms with Crippen LogP contribution >= 0.6 is 0 Å². The van der Waals surface area contributed by atoms with Crippen LogP contribution in [0.5, 0.6) is 5.75 Å². The maximum absolute atomic E-state index is 13.3. The molecule has 0 aromatic heterocycles. The average Bonchev–Trinajstić information content (AvgIpc) is 2.71. The van der Waals surface area contributed by atoms with Crippen molar-refractivity contribution in [2.24, 2.45) is 0 Å². The number of carbonyl (C=O) groups excluding carboxylic acids is 1. The van der Waals surface area contributed by atoms with Crippen molar-refractivity contribution >= 4 is 11.6 Å². The normalized spacial score (nSPS) is 15.8. The predicted molar refractivity (Wildman–Crippen MR) is 107 cm³/mol. The van der Waals surface area contributed by atoms with Crippen LogP contribution in [0.4, 0.5) is 5.69 Å². The van der Waals surface area contributed by atoms with Gasteiger partial charge in [0.1, 0.15) is 11.9 Å². The number of carbonyl (C=O) groups is 1. The molecule has 1 atom stereocenters. The summed E-state index contributed by atoms with van der Waals surface area (Å²) in [6, 6.07) is 25.7. The van der Waals surface area contributed by atoms with Crippen LogP contribution in [0.2, 0.25) is 0 Å². The Morgan fingerprint density at radius 2 is 1.74 bits per heavy atom. The van der Waals surface area contributed by atoms with Gasteiger partial charge in [0, 0.05) is 12.2 Å². The molecule has 0 spiro atoms. The van der Waals surface area contributed by atoms with Crippen molar-refractivity contribution in [3.8, 4) is 5.75 Å². The molecule has 0 fully saturated rings. The molecule has 1 unspecified atom stereocenters. The lowest BCUT2D eigenvalue weighted by molar-refractivity contribution is 0.0666. The number of benzene rings is 3. The first-order valence-electron chi connectivity index (χ1n) is 9.19. The Balaban J connectivity index is 1.74. The van der Waals surface area contributed by atoms with E-state index < -0.39 is 0 Å². The minimum absolute atomic E-state index is 0.0278. The van der Waals surface area contributed by atoms with Gasteiger partial charge in [0.25, 0.3) is 5.91 Å². The number of para-hydroxylation sites is 1. The van der Waals surface area contributed by atoms with Gasteiger partial charge in [-0.3, -0.25) is 4.79 Å². The van der Waals surface area contributed by atoms with E-state index in [4.69, 9.17) is 4.74 Å². The molecule has 136 valence electrons. The number of fused-ring (bicyclic) bond motifs is 1. The summed E-state index contributed by atoms with van der Waals surface area (Å²) in [6.45, 7) is 3.11. The van der Waals surface area contributed by atoms with E-state index >= 15 is 0 Å². The Morgan fingerprint density at radius 3 is 2.56 bits per heavy atom. The summed E-state index contributed by atoms with van der Waals surface area (Å²) in [5, 5.41) is 3.53. The molecule has 0 radical (unpaired) electrons. The minimum Gasteiger partial charge on any atom is -0.494 e. The Bertz CT molecular complexity index is 940. The lowest BCUT2D eigenvalue weighted by Gasteiger charge is -2.38. The van der Waals surface area contributed by atoms with E-state index in [1.54, 1.807) is 0 Å². The highest BCUT2D eigenvalue weighted by Gasteiger charge is 2.32. The van der Waals surface area contributed by atoms with Gasteiger partial charge >= 0.3 is 0 Å². The summed E-state index contributed by atoms with van der Waals surface area (Å²) in [6.07, 6.45) is -0.256. The molecule has 0 aliphatic carbocycles. The zero-order chi connectivity index (χ0) is 18.6. The Kier molecular flexibility index (Phi) is 4.79. The third kappa shape index (κ3) is 3.51. The van der Waals surface area contributed by atoms with Crippen LogP contribution in [0.25, 0.3) is 0 Å². The van der Waals surface area contributed by atoms with Crippen molar-refractivity contribution in [2.45, 2.75) is 19.6 Å². The molecule has 1 aliphatic rings. The van der Waals surface area contributed by atoms with Crippen LogP contribution in [0.15, 0.2) is 78.9 Å². The highest BCUT2D eigenvalue weighted by atomic mass is 16.5. The SMILES string of the molecule is CCOc1cccc(C2Nc3ccccc3C(=O)N2Cc2ccccc2)c1. The van der Waals surface area contributed by atoms with E-state index in [0.29, 0.717) is 18.7 Å². The second kappa shape index (κ2) is 7.54. The number of hydrogen-bond donors (Lipinski definition) is 1.